The number of rotatable bonds is 4. The molecule has 9 heteroatoms. The maximum absolute atomic E-state index is 12.8. The number of morpholine rings is 1. The van der Waals surface area contributed by atoms with Crippen LogP contribution in [-0.2, 0) is 28.8 Å². The van der Waals surface area contributed by atoms with Gasteiger partial charge in [-0.2, -0.15) is 5.10 Å². The van der Waals surface area contributed by atoms with Crippen LogP contribution in [0.5, 0.6) is 0 Å². The Morgan fingerprint density at radius 1 is 1.16 bits per heavy atom. The number of likely N-dealkylation sites (tertiary alicyclic amines) is 1. The molecule has 0 spiro atoms. The van der Waals surface area contributed by atoms with Crippen molar-refractivity contribution < 1.29 is 14.3 Å². The first-order valence-electron chi connectivity index (χ1n) is 11.2. The molecule has 1 N–H and O–H groups in total. The molecular weight excluding hydrogens is 451 g/mol. The van der Waals surface area contributed by atoms with Gasteiger partial charge < -0.3 is 14.5 Å². The molecule has 1 atom stereocenters. The number of carbonyl (C=O) groups excluding carboxylic acids is 2. The number of carbonyl (C=O) groups is 2. The Labute approximate surface area is 197 Å². The van der Waals surface area contributed by atoms with Crippen LogP contribution in [-0.4, -0.2) is 70.7 Å². The number of hydrogen-bond donors (Lipinski definition) is 1. The van der Waals surface area contributed by atoms with Gasteiger partial charge in [-0.1, -0.05) is 23.2 Å². The van der Waals surface area contributed by atoms with E-state index in [1.807, 2.05) is 4.90 Å². The van der Waals surface area contributed by atoms with E-state index in [1.54, 1.807) is 17.0 Å². The highest BCUT2D eigenvalue weighted by molar-refractivity contribution is 6.36. The SMILES string of the molecule is O=C(c1cc(Cl)c(Cc2[nH]nc3c2C[C@@H](N2CCCC2=O)CC3)c(Cl)c1)N1CCOCC1. The van der Waals surface area contributed by atoms with Crippen LogP contribution in [0.25, 0.3) is 0 Å². The predicted octanol–water partition coefficient (Wildman–Crippen LogP) is 3.26. The van der Waals surface area contributed by atoms with Crippen molar-refractivity contribution in [2.45, 2.75) is 44.6 Å². The lowest BCUT2D eigenvalue weighted by atomic mass is 9.89. The fourth-order valence-electron chi connectivity index (χ4n) is 5.02. The molecule has 0 bridgehead atoms. The highest BCUT2D eigenvalue weighted by Gasteiger charge is 2.33. The van der Waals surface area contributed by atoms with Crippen LogP contribution in [0.2, 0.25) is 10.0 Å². The molecule has 5 rings (SSSR count). The first-order valence-corrected chi connectivity index (χ1v) is 12.0. The third-order valence-corrected chi connectivity index (χ3v) is 7.46. The summed E-state index contributed by atoms with van der Waals surface area (Å²) in [7, 11) is 0. The number of aromatic amines is 1. The van der Waals surface area contributed by atoms with Gasteiger partial charge in [0, 0.05) is 59.8 Å². The van der Waals surface area contributed by atoms with Crippen LogP contribution in [0, 0.1) is 0 Å². The van der Waals surface area contributed by atoms with E-state index in [4.69, 9.17) is 27.9 Å². The lowest BCUT2D eigenvalue weighted by molar-refractivity contribution is -0.129. The van der Waals surface area contributed by atoms with Gasteiger partial charge in [0.2, 0.25) is 5.91 Å². The molecule has 2 aliphatic heterocycles. The summed E-state index contributed by atoms with van der Waals surface area (Å²) in [6.45, 7) is 3.07. The highest BCUT2D eigenvalue weighted by atomic mass is 35.5. The molecular formula is C23H26Cl2N4O3. The number of nitrogens with zero attached hydrogens (tertiary/aromatic N) is 3. The molecule has 3 heterocycles. The summed E-state index contributed by atoms with van der Waals surface area (Å²) in [5.41, 5.74) is 4.48. The Morgan fingerprint density at radius 2 is 1.91 bits per heavy atom. The molecule has 2 saturated heterocycles. The lowest BCUT2D eigenvalue weighted by Crippen LogP contribution is -2.40. The van der Waals surface area contributed by atoms with Gasteiger partial charge in [-0.25, -0.2) is 0 Å². The van der Waals surface area contributed by atoms with Crippen LogP contribution < -0.4 is 0 Å². The molecule has 3 aliphatic rings. The summed E-state index contributed by atoms with van der Waals surface area (Å²) in [6.07, 6.45) is 4.71. The predicted molar refractivity (Wildman–Crippen MR) is 121 cm³/mol. The lowest BCUT2D eigenvalue weighted by Gasteiger charge is -2.31. The zero-order valence-electron chi connectivity index (χ0n) is 17.8. The van der Waals surface area contributed by atoms with E-state index in [0.717, 1.165) is 49.2 Å². The monoisotopic (exact) mass is 476 g/mol. The second-order valence-electron chi connectivity index (χ2n) is 8.71. The normalized spacial score (nSPS) is 21.2. The van der Waals surface area contributed by atoms with Gasteiger partial charge in [0.25, 0.3) is 5.91 Å². The van der Waals surface area contributed by atoms with Crippen LogP contribution in [0.3, 0.4) is 0 Å². The summed E-state index contributed by atoms with van der Waals surface area (Å²) in [4.78, 5) is 28.8. The van der Waals surface area contributed by atoms with Crippen molar-refractivity contribution in [2.75, 3.05) is 32.8 Å². The standard InChI is InChI=1S/C23H26Cl2N4O3/c24-18-10-14(23(31)28-6-8-32-9-7-28)11-19(25)16(18)13-21-17-12-15(3-4-20(17)26-27-21)29-5-1-2-22(29)30/h10-11,15H,1-9,12-13H2,(H,26,27)/t15-/m0/s1. The minimum Gasteiger partial charge on any atom is -0.378 e. The fourth-order valence-corrected chi connectivity index (χ4v) is 5.64. The van der Waals surface area contributed by atoms with Crippen molar-refractivity contribution in [3.8, 4) is 0 Å². The van der Waals surface area contributed by atoms with Crippen molar-refractivity contribution >= 4 is 35.0 Å². The minimum atomic E-state index is -0.0827. The number of fused-ring (bicyclic) bond motifs is 1. The minimum absolute atomic E-state index is 0.0827. The molecule has 1 aliphatic carbocycles. The van der Waals surface area contributed by atoms with Crippen LogP contribution in [0.15, 0.2) is 12.1 Å². The Balaban J connectivity index is 1.35. The van der Waals surface area contributed by atoms with E-state index in [0.29, 0.717) is 54.8 Å². The number of aryl methyl sites for hydroxylation is 1. The number of aromatic nitrogens is 2. The Morgan fingerprint density at radius 3 is 2.59 bits per heavy atom. The smallest absolute Gasteiger partial charge is 0.254 e. The third kappa shape index (κ3) is 4.14. The van der Waals surface area contributed by atoms with Crippen molar-refractivity contribution in [1.82, 2.24) is 20.0 Å². The van der Waals surface area contributed by atoms with E-state index in [2.05, 4.69) is 10.2 Å². The van der Waals surface area contributed by atoms with E-state index >= 15 is 0 Å². The zero-order valence-corrected chi connectivity index (χ0v) is 19.3. The Kier molecular flexibility index (Phi) is 6.14. The second kappa shape index (κ2) is 9.04. The van der Waals surface area contributed by atoms with E-state index in [-0.39, 0.29) is 17.9 Å². The van der Waals surface area contributed by atoms with Crippen LogP contribution in [0.4, 0.5) is 0 Å². The Bertz CT molecular complexity index is 1020. The molecule has 0 radical (unpaired) electrons. The molecule has 2 aromatic rings. The van der Waals surface area contributed by atoms with Crippen LogP contribution in [0.1, 0.15) is 52.1 Å². The average Bonchev–Trinajstić information content (AvgIpc) is 3.41. The van der Waals surface area contributed by atoms with Crippen LogP contribution >= 0.6 is 23.2 Å². The number of nitrogens with one attached hydrogen (secondary N) is 1. The topological polar surface area (TPSA) is 78.5 Å². The maximum Gasteiger partial charge on any atom is 0.254 e. The Hall–Kier alpha value is -2.09. The number of hydrogen-bond acceptors (Lipinski definition) is 4. The van der Waals surface area contributed by atoms with Gasteiger partial charge in [-0.15, -0.1) is 0 Å². The summed E-state index contributed by atoms with van der Waals surface area (Å²) < 4.78 is 5.33. The third-order valence-electron chi connectivity index (χ3n) is 6.78. The largest absolute Gasteiger partial charge is 0.378 e. The van der Waals surface area contributed by atoms with Crippen molar-refractivity contribution in [3.63, 3.8) is 0 Å². The molecule has 7 nitrogen and oxygen atoms in total. The van der Waals surface area contributed by atoms with E-state index in [9.17, 15) is 9.59 Å². The number of ether oxygens (including phenoxy) is 1. The number of H-pyrrole nitrogens is 1. The average molecular weight is 477 g/mol. The van der Waals surface area contributed by atoms with Gasteiger partial charge in [-0.05, 0) is 48.9 Å². The van der Waals surface area contributed by atoms with Gasteiger partial charge in [0.1, 0.15) is 0 Å². The van der Waals surface area contributed by atoms with Gasteiger partial charge in [0.05, 0.1) is 18.9 Å². The van der Waals surface area contributed by atoms with Gasteiger partial charge in [0.15, 0.2) is 0 Å². The number of benzene rings is 1. The first-order chi connectivity index (χ1) is 15.5. The summed E-state index contributed by atoms with van der Waals surface area (Å²) in [5.74, 6) is 0.177. The van der Waals surface area contributed by atoms with Gasteiger partial charge in [-0.3, -0.25) is 14.7 Å². The summed E-state index contributed by atoms with van der Waals surface area (Å²) in [5, 5.41) is 8.63. The highest BCUT2D eigenvalue weighted by Crippen LogP contribution is 2.33. The van der Waals surface area contributed by atoms with E-state index in [1.165, 1.54) is 5.56 Å². The summed E-state index contributed by atoms with van der Waals surface area (Å²) in [6, 6.07) is 3.64. The molecule has 1 aromatic carbocycles. The second-order valence-corrected chi connectivity index (χ2v) is 9.53. The number of halogens is 2. The molecule has 0 saturated carbocycles. The molecule has 1 aromatic heterocycles. The number of amides is 2. The fraction of sp³-hybridized carbons (Fsp3) is 0.522. The quantitative estimate of drug-likeness (QED) is 0.734. The molecule has 32 heavy (non-hydrogen) atoms. The van der Waals surface area contributed by atoms with Crippen molar-refractivity contribution in [1.29, 1.82) is 0 Å². The molecule has 170 valence electrons. The summed E-state index contributed by atoms with van der Waals surface area (Å²) >= 11 is 13.2. The maximum atomic E-state index is 12.8. The van der Waals surface area contributed by atoms with Crippen molar-refractivity contribution in [3.05, 3.63) is 50.3 Å². The zero-order chi connectivity index (χ0) is 22.2. The van der Waals surface area contributed by atoms with Gasteiger partial charge >= 0.3 is 0 Å². The van der Waals surface area contributed by atoms with Crippen molar-refractivity contribution in [2.24, 2.45) is 0 Å². The molecule has 2 fully saturated rings. The molecule has 2 amide bonds. The first kappa shape index (κ1) is 21.7. The van der Waals surface area contributed by atoms with E-state index < -0.39 is 0 Å². The molecule has 0 unspecified atom stereocenters.